The lowest BCUT2D eigenvalue weighted by Gasteiger charge is -2.08. The Labute approximate surface area is 70.6 Å². The second kappa shape index (κ2) is 4.31. The van der Waals surface area contributed by atoms with Crippen molar-refractivity contribution in [1.82, 2.24) is 9.88 Å². The number of aromatic nitrogens is 1. The van der Waals surface area contributed by atoms with E-state index in [1.165, 1.54) is 11.3 Å². The van der Waals surface area contributed by atoms with Crippen LogP contribution in [-0.4, -0.2) is 37.1 Å². The van der Waals surface area contributed by atoms with Crippen LogP contribution in [0.25, 0.3) is 0 Å². The van der Waals surface area contributed by atoms with E-state index in [9.17, 15) is 0 Å². The summed E-state index contributed by atoms with van der Waals surface area (Å²) in [6, 6.07) is 0. The van der Waals surface area contributed by atoms with Crippen molar-refractivity contribution in [1.29, 1.82) is 0 Å². The molecule has 4 heteroatoms. The average molecular weight is 172 g/mol. The van der Waals surface area contributed by atoms with Crippen LogP contribution in [0.3, 0.4) is 0 Å². The number of hydrogen-bond acceptors (Lipinski definition) is 4. The van der Waals surface area contributed by atoms with E-state index in [0.29, 0.717) is 6.61 Å². The monoisotopic (exact) mass is 172 g/mol. The molecule has 0 amide bonds. The Morgan fingerprint density at radius 2 is 2.45 bits per heavy atom. The fourth-order valence-electron chi connectivity index (χ4n) is 0.597. The van der Waals surface area contributed by atoms with Crippen LogP contribution in [0.15, 0.2) is 11.6 Å². The van der Waals surface area contributed by atoms with E-state index in [1.807, 2.05) is 19.5 Å². The molecular weight excluding hydrogens is 160 g/mol. The van der Waals surface area contributed by atoms with Crippen LogP contribution >= 0.6 is 11.3 Å². The van der Waals surface area contributed by atoms with E-state index in [4.69, 9.17) is 4.74 Å². The van der Waals surface area contributed by atoms with Gasteiger partial charge in [-0.25, -0.2) is 4.98 Å². The number of likely N-dealkylation sites (N-methyl/N-ethyl adjacent to an activating group) is 1. The van der Waals surface area contributed by atoms with E-state index in [2.05, 4.69) is 9.88 Å². The molecule has 11 heavy (non-hydrogen) atoms. The van der Waals surface area contributed by atoms with Crippen LogP contribution in [0, 0.1) is 0 Å². The first kappa shape index (κ1) is 8.49. The molecule has 0 aliphatic carbocycles. The Kier molecular flexibility index (Phi) is 3.32. The van der Waals surface area contributed by atoms with Crippen LogP contribution in [0.2, 0.25) is 0 Å². The van der Waals surface area contributed by atoms with Gasteiger partial charge in [0.2, 0.25) is 0 Å². The molecule has 0 spiro atoms. The fraction of sp³-hybridized carbons (Fsp3) is 0.571. The number of nitrogens with zero attached hydrogens (tertiary/aromatic N) is 2. The van der Waals surface area contributed by atoms with Gasteiger partial charge in [-0.05, 0) is 14.1 Å². The summed E-state index contributed by atoms with van der Waals surface area (Å²) in [6.45, 7) is 1.64. The molecule has 0 radical (unpaired) electrons. The quantitative estimate of drug-likeness (QED) is 0.679. The van der Waals surface area contributed by atoms with Gasteiger partial charge >= 0.3 is 0 Å². The second-order valence-electron chi connectivity index (χ2n) is 2.45. The lowest BCUT2D eigenvalue weighted by Crippen LogP contribution is -2.19. The summed E-state index contributed by atoms with van der Waals surface area (Å²) in [7, 11) is 4.04. The van der Waals surface area contributed by atoms with Crippen molar-refractivity contribution in [2.24, 2.45) is 0 Å². The van der Waals surface area contributed by atoms with Crippen molar-refractivity contribution >= 4 is 11.3 Å². The SMILES string of the molecule is CN(C)CCOc1nccs1. The van der Waals surface area contributed by atoms with Crippen molar-refractivity contribution in [3.63, 3.8) is 0 Å². The summed E-state index contributed by atoms with van der Waals surface area (Å²) in [4.78, 5) is 6.07. The molecule has 0 aliphatic rings. The normalized spacial score (nSPS) is 10.5. The van der Waals surface area contributed by atoms with Crippen molar-refractivity contribution in [2.45, 2.75) is 0 Å². The number of rotatable bonds is 4. The molecule has 3 nitrogen and oxygen atoms in total. The zero-order chi connectivity index (χ0) is 8.10. The lowest BCUT2D eigenvalue weighted by atomic mass is 10.6. The van der Waals surface area contributed by atoms with Crippen molar-refractivity contribution in [2.75, 3.05) is 27.2 Å². The number of ether oxygens (including phenoxy) is 1. The molecule has 0 saturated carbocycles. The van der Waals surface area contributed by atoms with Crippen LogP contribution in [-0.2, 0) is 0 Å². The molecule has 1 rings (SSSR count). The first-order chi connectivity index (χ1) is 5.29. The van der Waals surface area contributed by atoms with Crippen LogP contribution in [0.1, 0.15) is 0 Å². The zero-order valence-electron chi connectivity index (χ0n) is 6.78. The molecule has 0 saturated heterocycles. The highest BCUT2D eigenvalue weighted by Crippen LogP contribution is 2.12. The average Bonchev–Trinajstić information content (AvgIpc) is 2.39. The predicted molar refractivity (Wildman–Crippen MR) is 46.2 cm³/mol. The topological polar surface area (TPSA) is 25.4 Å². The van der Waals surface area contributed by atoms with Crippen LogP contribution in [0.5, 0.6) is 5.19 Å². The molecule has 0 atom stereocenters. The molecule has 0 fully saturated rings. The molecule has 0 aliphatic heterocycles. The van der Waals surface area contributed by atoms with Crippen molar-refractivity contribution < 1.29 is 4.74 Å². The van der Waals surface area contributed by atoms with Gasteiger partial charge in [-0.15, -0.1) is 0 Å². The molecule has 1 aromatic rings. The van der Waals surface area contributed by atoms with Gasteiger partial charge in [0, 0.05) is 18.1 Å². The third-order valence-corrected chi connectivity index (χ3v) is 1.86. The summed E-state index contributed by atoms with van der Waals surface area (Å²) in [5.74, 6) is 0. The van der Waals surface area contributed by atoms with Gasteiger partial charge in [-0.1, -0.05) is 11.3 Å². The minimum Gasteiger partial charge on any atom is -0.469 e. The summed E-state index contributed by atoms with van der Waals surface area (Å²) < 4.78 is 5.32. The summed E-state index contributed by atoms with van der Waals surface area (Å²) >= 11 is 1.52. The Balaban J connectivity index is 2.14. The van der Waals surface area contributed by atoms with Crippen LogP contribution < -0.4 is 4.74 Å². The smallest absolute Gasteiger partial charge is 0.273 e. The highest BCUT2D eigenvalue weighted by atomic mass is 32.1. The van der Waals surface area contributed by atoms with E-state index >= 15 is 0 Å². The van der Waals surface area contributed by atoms with E-state index in [-0.39, 0.29) is 0 Å². The molecule has 0 aromatic carbocycles. The summed E-state index contributed by atoms with van der Waals surface area (Å²) in [5, 5.41) is 2.66. The van der Waals surface area contributed by atoms with E-state index < -0.39 is 0 Å². The first-order valence-corrected chi connectivity index (χ1v) is 4.34. The van der Waals surface area contributed by atoms with Gasteiger partial charge in [0.15, 0.2) is 0 Å². The largest absolute Gasteiger partial charge is 0.469 e. The molecule has 62 valence electrons. The highest BCUT2D eigenvalue weighted by Gasteiger charge is 1.94. The van der Waals surface area contributed by atoms with Gasteiger partial charge in [-0.3, -0.25) is 0 Å². The Morgan fingerprint density at radius 1 is 1.64 bits per heavy atom. The number of hydrogen-bond donors (Lipinski definition) is 0. The minimum absolute atomic E-state index is 0.709. The van der Waals surface area contributed by atoms with Gasteiger partial charge in [0.05, 0.1) is 0 Å². The maximum absolute atomic E-state index is 5.32. The van der Waals surface area contributed by atoms with E-state index in [0.717, 1.165) is 11.7 Å². The second-order valence-corrected chi connectivity index (χ2v) is 3.31. The summed E-state index contributed by atoms with van der Waals surface area (Å²) in [5.41, 5.74) is 0. The molecule has 1 heterocycles. The third kappa shape index (κ3) is 3.34. The maximum atomic E-state index is 5.32. The van der Waals surface area contributed by atoms with Gasteiger partial charge in [0.1, 0.15) is 6.61 Å². The van der Waals surface area contributed by atoms with Crippen molar-refractivity contribution in [3.05, 3.63) is 11.6 Å². The molecule has 0 unspecified atom stereocenters. The highest BCUT2D eigenvalue weighted by molar-refractivity contribution is 7.11. The maximum Gasteiger partial charge on any atom is 0.273 e. The third-order valence-electron chi connectivity index (χ3n) is 1.17. The zero-order valence-corrected chi connectivity index (χ0v) is 7.60. The van der Waals surface area contributed by atoms with E-state index in [1.54, 1.807) is 6.20 Å². The number of thiazole rings is 1. The van der Waals surface area contributed by atoms with Crippen LogP contribution in [0.4, 0.5) is 0 Å². The lowest BCUT2D eigenvalue weighted by molar-refractivity contribution is 0.260. The predicted octanol–water partition coefficient (Wildman–Crippen LogP) is 1.08. The first-order valence-electron chi connectivity index (χ1n) is 3.46. The molecule has 0 N–H and O–H groups in total. The summed E-state index contributed by atoms with van der Waals surface area (Å²) in [6.07, 6.45) is 1.75. The Hall–Kier alpha value is -0.610. The minimum atomic E-state index is 0.709. The molecule has 0 bridgehead atoms. The van der Waals surface area contributed by atoms with Gasteiger partial charge < -0.3 is 9.64 Å². The fourth-order valence-corrected chi connectivity index (χ4v) is 1.11. The molecule has 1 aromatic heterocycles. The Bertz CT molecular complexity index is 186. The standard InChI is InChI=1S/C7H12N2OS/c1-9(2)4-5-10-7-8-3-6-11-7/h3,6H,4-5H2,1-2H3. The van der Waals surface area contributed by atoms with Gasteiger partial charge in [0.25, 0.3) is 5.19 Å². The molecular formula is C7H12N2OS. The van der Waals surface area contributed by atoms with Crippen molar-refractivity contribution in [3.8, 4) is 5.19 Å². The van der Waals surface area contributed by atoms with Gasteiger partial charge in [-0.2, -0.15) is 0 Å². The Morgan fingerprint density at radius 3 is 3.00 bits per heavy atom.